The third kappa shape index (κ3) is 3.24. The van der Waals surface area contributed by atoms with Crippen molar-refractivity contribution in [1.82, 2.24) is 14.3 Å². The summed E-state index contributed by atoms with van der Waals surface area (Å²) in [5.41, 5.74) is -0.291. The van der Waals surface area contributed by atoms with Crippen molar-refractivity contribution in [3.63, 3.8) is 0 Å². The zero-order chi connectivity index (χ0) is 16.2. The summed E-state index contributed by atoms with van der Waals surface area (Å²) in [4.78, 5) is 30.8. The van der Waals surface area contributed by atoms with E-state index in [1.807, 2.05) is 30.3 Å². The van der Waals surface area contributed by atoms with Gasteiger partial charge in [-0.05, 0) is 12.1 Å². The Hall–Kier alpha value is -2.67. The fourth-order valence-corrected chi connectivity index (χ4v) is 2.77. The summed E-state index contributed by atoms with van der Waals surface area (Å²) in [7, 11) is 1.64. The largest absolute Gasteiger partial charge is 0.492 e. The first-order valence-corrected chi connectivity index (χ1v) is 7.93. The highest BCUT2D eigenvalue weighted by atomic mass is 32.1. The number of likely N-dealkylation sites (N-methyl/N-ethyl adjacent to an activating group) is 1. The lowest BCUT2D eigenvalue weighted by Gasteiger charge is -2.17. The number of nitrogens with zero attached hydrogens (tertiary/aromatic N) is 3. The Kier molecular flexibility index (Phi) is 4.38. The maximum atomic E-state index is 12.4. The van der Waals surface area contributed by atoms with Gasteiger partial charge in [-0.25, -0.2) is 4.98 Å². The quantitative estimate of drug-likeness (QED) is 0.717. The lowest BCUT2D eigenvalue weighted by atomic mass is 10.3. The molecule has 0 radical (unpaired) electrons. The SMILES string of the molecule is CN(CCOc1ccccc1)C(=O)c1cnc2sccn2c1=O. The molecule has 0 saturated carbocycles. The highest BCUT2D eigenvalue weighted by Crippen LogP contribution is 2.09. The molecule has 0 N–H and O–H groups in total. The summed E-state index contributed by atoms with van der Waals surface area (Å²) < 4.78 is 6.94. The van der Waals surface area contributed by atoms with E-state index in [1.165, 1.54) is 26.8 Å². The van der Waals surface area contributed by atoms with Crippen LogP contribution in [0.4, 0.5) is 0 Å². The molecule has 0 aliphatic carbocycles. The zero-order valence-corrected chi connectivity index (χ0v) is 13.3. The van der Waals surface area contributed by atoms with Crippen molar-refractivity contribution in [3.05, 3.63) is 64.0 Å². The summed E-state index contributed by atoms with van der Waals surface area (Å²) in [5, 5.41) is 1.76. The third-order valence-corrected chi connectivity index (χ3v) is 4.13. The maximum Gasteiger partial charge on any atom is 0.271 e. The van der Waals surface area contributed by atoms with E-state index in [9.17, 15) is 9.59 Å². The molecule has 3 rings (SSSR count). The molecule has 0 aliphatic heterocycles. The van der Waals surface area contributed by atoms with Gasteiger partial charge in [-0.1, -0.05) is 18.2 Å². The Morgan fingerprint density at radius 3 is 2.91 bits per heavy atom. The molecule has 0 unspecified atom stereocenters. The molecule has 23 heavy (non-hydrogen) atoms. The van der Waals surface area contributed by atoms with E-state index in [0.29, 0.717) is 18.1 Å². The highest BCUT2D eigenvalue weighted by molar-refractivity contribution is 7.15. The molecule has 0 spiro atoms. The van der Waals surface area contributed by atoms with Crippen LogP contribution in [0.5, 0.6) is 5.75 Å². The Labute approximate surface area is 136 Å². The highest BCUT2D eigenvalue weighted by Gasteiger charge is 2.17. The number of fused-ring (bicyclic) bond motifs is 1. The van der Waals surface area contributed by atoms with Gasteiger partial charge in [0.15, 0.2) is 4.96 Å². The van der Waals surface area contributed by atoms with Crippen LogP contribution >= 0.6 is 11.3 Å². The number of para-hydroxylation sites is 1. The van der Waals surface area contributed by atoms with Gasteiger partial charge < -0.3 is 9.64 Å². The first-order valence-electron chi connectivity index (χ1n) is 7.05. The number of benzene rings is 1. The summed E-state index contributed by atoms with van der Waals surface area (Å²) in [6.07, 6.45) is 2.95. The van der Waals surface area contributed by atoms with Gasteiger partial charge in [-0.2, -0.15) is 0 Å². The van der Waals surface area contributed by atoms with Crippen LogP contribution in [0.25, 0.3) is 4.96 Å². The normalized spacial score (nSPS) is 10.7. The molecule has 0 aliphatic rings. The van der Waals surface area contributed by atoms with Crippen LogP contribution in [0.2, 0.25) is 0 Å². The van der Waals surface area contributed by atoms with Gasteiger partial charge in [0.2, 0.25) is 0 Å². The van der Waals surface area contributed by atoms with E-state index < -0.39 is 0 Å². The monoisotopic (exact) mass is 329 g/mol. The second-order valence-electron chi connectivity index (χ2n) is 4.92. The molecular weight excluding hydrogens is 314 g/mol. The van der Waals surface area contributed by atoms with Crippen LogP contribution in [-0.4, -0.2) is 40.4 Å². The lowest BCUT2D eigenvalue weighted by molar-refractivity contribution is 0.0771. The van der Waals surface area contributed by atoms with Gasteiger partial charge >= 0.3 is 0 Å². The summed E-state index contributed by atoms with van der Waals surface area (Å²) >= 11 is 1.35. The van der Waals surface area contributed by atoms with Gasteiger partial charge in [0.25, 0.3) is 11.5 Å². The Balaban J connectivity index is 1.66. The van der Waals surface area contributed by atoms with Crippen LogP contribution in [0.3, 0.4) is 0 Å². The predicted molar refractivity (Wildman–Crippen MR) is 88.2 cm³/mol. The lowest BCUT2D eigenvalue weighted by Crippen LogP contribution is -2.35. The number of hydrogen-bond donors (Lipinski definition) is 0. The minimum Gasteiger partial charge on any atom is -0.492 e. The molecule has 7 heteroatoms. The molecule has 3 aromatic rings. The molecule has 0 atom stereocenters. The summed E-state index contributed by atoms with van der Waals surface area (Å²) in [6.45, 7) is 0.723. The van der Waals surface area contributed by atoms with Crippen LogP contribution in [0.15, 0.2) is 52.9 Å². The zero-order valence-electron chi connectivity index (χ0n) is 12.5. The predicted octanol–water partition coefficient (Wildman–Crippen LogP) is 1.91. The topological polar surface area (TPSA) is 63.9 Å². The van der Waals surface area contributed by atoms with E-state index in [-0.39, 0.29) is 17.0 Å². The maximum absolute atomic E-state index is 12.4. The third-order valence-electron chi connectivity index (χ3n) is 3.36. The smallest absolute Gasteiger partial charge is 0.271 e. The Morgan fingerprint density at radius 2 is 2.13 bits per heavy atom. The van der Waals surface area contributed by atoms with Crippen molar-refractivity contribution in [2.24, 2.45) is 0 Å². The number of rotatable bonds is 5. The minimum atomic E-state index is -0.361. The van der Waals surface area contributed by atoms with E-state index in [0.717, 1.165) is 5.75 Å². The number of amides is 1. The number of hydrogen-bond acceptors (Lipinski definition) is 5. The summed E-state index contributed by atoms with van der Waals surface area (Å²) in [5.74, 6) is 0.384. The van der Waals surface area contributed by atoms with E-state index in [2.05, 4.69) is 4.98 Å². The fraction of sp³-hybridized carbons (Fsp3) is 0.188. The van der Waals surface area contributed by atoms with Crippen molar-refractivity contribution < 1.29 is 9.53 Å². The van der Waals surface area contributed by atoms with Crippen molar-refractivity contribution in [2.45, 2.75) is 0 Å². The molecular formula is C16H15N3O3S. The number of aromatic nitrogens is 2. The Bertz CT molecular complexity index is 873. The van der Waals surface area contributed by atoms with Crippen molar-refractivity contribution in [3.8, 4) is 5.75 Å². The minimum absolute atomic E-state index is 0.0584. The standard InChI is InChI=1S/C16H15N3O3S/c1-18(7-9-22-12-5-3-2-4-6-12)14(20)13-11-17-16-19(15(13)21)8-10-23-16/h2-6,8,10-11H,7,9H2,1H3. The molecule has 6 nitrogen and oxygen atoms in total. The van der Waals surface area contributed by atoms with Crippen LogP contribution in [0.1, 0.15) is 10.4 Å². The fourth-order valence-electron chi connectivity index (χ4n) is 2.10. The van der Waals surface area contributed by atoms with Crippen molar-refractivity contribution >= 4 is 22.2 Å². The number of carbonyl (C=O) groups is 1. The van der Waals surface area contributed by atoms with E-state index in [4.69, 9.17) is 4.74 Å². The average Bonchev–Trinajstić information content (AvgIpc) is 3.05. The molecule has 0 saturated heterocycles. The number of thiazole rings is 1. The van der Waals surface area contributed by atoms with E-state index >= 15 is 0 Å². The second kappa shape index (κ2) is 6.62. The second-order valence-corrected chi connectivity index (χ2v) is 5.79. The van der Waals surface area contributed by atoms with Crippen LogP contribution in [-0.2, 0) is 0 Å². The van der Waals surface area contributed by atoms with Gasteiger partial charge in [0, 0.05) is 24.8 Å². The van der Waals surface area contributed by atoms with Crippen LogP contribution in [0, 0.1) is 0 Å². The molecule has 1 aromatic carbocycles. The molecule has 118 valence electrons. The molecule has 0 bridgehead atoms. The van der Waals surface area contributed by atoms with Gasteiger partial charge in [0.1, 0.15) is 17.9 Å². The van der Waals surface area contributed by atoms with Crippen molar-refractivity contribution in [2.75, 3.05) is 20.2 Å². The molecule has 1 amide bonds. The van der Waals surface area contributed by atoms with Gasteiger partial charge in [0.05, 0.1) is 6.54 Å². The van der Waals surface area contributed by atoms with E-state index in [1.54, 1.807) is 18.6 Å². The average molecular weight is 329 g/mol. The Morgan fingerprint density at radius 1 is 1.35 bits per heavy atom. The first-order chi connectivity index (χ1) is 11.2. The molecule has 2 heterocycles. The molecule has 2 aromatic heterocycles. The number of ether oxygens (including phenoxy) is 1. The van der Waals surface area contributed by atoms with Crippen LogP contribution < -0.4 is 10.3 Å². The first kappa shape index (κ1) is 15.2. The van der Waals surface area contributed by atoms with Gasteiger partial charge in [-0.3, -0.25) is 14.0 Å². The summed E-state index contributed by atoms with van der Waals surface area (Å²) in [6, 6.07) is 9.37. The van der Waals surface area contributed by atoms with Crippen molar-refractivity contribution in [1.29, 1.82) is 0 Å². The van der Waals surface area contributed by atoms with Gasteiger partial charge in [-0.15, -0.1) is 11.3 Å². The molecule has 0 fully saturated rings. The number of carbonyl (C=O) groups excluding carboxylic acids is 1.